The Kier molecular flexibility index (Phi) is 35.8. The number of nitrogens with zero attached hydrogens (tertiary/aromatic N) is 2. The smallest absolute Gasteiger partial charge is 0.482 e. The third-order valence-electron chi connectivity index (χ3n) is 18.1. The van der Waals surface area contributed by atoms with Crippen LogP contribution in [0.15, 0.2) is 219 Å². The van der Waals surface area contributed by atoms with Crippen molar-refractivity contribution >= 4 is 116 Å². The monoisotopic (exact) mass is 1860 g/mol. The van der Waals surface area contributed by atoms with Crippen molar-refractivity contribution in [3.8, 4) is 56.0 Å². The zero-order valence-corrected chi connectivity index (χ0v) is 69.0. The average Bonchev–Trinajstić information content (AvgIpc) is 1.66. The second kappa shape index (κ2) is 44.8. The molecular weight excluding hydrogens is 1780 g/mol. The number of aliphatic carboxylic acids is 1. The summed E-state index contributed by atoms with van der Waals surface area (Å²) in [6, 6.07) is 44.9. The summed E-state index contributed by atoms with van der Waals surface area (Å²) in [4.78, 5) is 62.2. The maximum Gasteiger partial charge on any atom is 0.488 e. The van der Waals surface area contributed by atoms with Crippen LogP contribution < -0.4 is 14.9 Å². The fourth-order valence-electron chi connectivity index (χ4n) is 11.9. The molecule has 5 aromatic heterocycles. The molecule has 0 amide bonds. The minimum Gasteiger partial charge on any atom is -0.482 e. The van der Waals surface area contributed by atoms with Crippen molar-refractivity contribution < 1.29 is 119 Å². The number of rotatable bonds is 19. The molecule has 7 heterocycles. The molecule has 7 aromatic carbocycles. The van der Waals surface area contributed by atoms with Gasteiger partial charge in [0.15, 0.2) is 32.1 Å². The molecule has 0 radical (unpaired) electrons. The predicted molar refractivity (Wildman–Crippen MR) is 449 cm³/mol. The number of hydrogen-bond acceptors (Lipinski definition) is 17. The number of esters is 1. The van der Waals surface area contributed by atoms with Crippen LogP contribution in [0, 0.1) is 0 Å². The van der Waals surface area contributed by atoms with Gasteiger partial charge in [0.2, 0.25) is 0 Å². The highest BCUT2D eigenvalue weighted by molar-refractivity contribution is 9.10. The minimum atomic E-state index is -4.39. The molecule has 0 atom stereocenters. The summed E-state index contributed by atoms with van der Waals surface area (Å²) in [6.45, 7) is 6.79. The van der Waals surface area contributed by atoms with Gasteiger partial charge in [-0.2, -0.15) is 65.9 Å². The van der Waals surface area contributed by atoms with Crippen LogP contribution in [0.1, 0.15) is 103 Å². The van der Waals surface area contributed by atoms with Crippen molar-refractivity contribution in [1.82, 2.24) is 9.80 Å². The molecule has 12 aromatic rings. The van der Waals surface area contributed by atoms with Crippen LogP contribution in [0.4, 0.5) is 65.9 Å². The summed E-state index contributed by atoms with van der Waals surface area (Å²) in [5, 5.41) is 35.3. The van der Waals surface area contributed by atoms with Gasteiger partial charge in [-0.25, -0.2) is 9.59 Å². The second-order valence-corrected chi connectivity index (χ2v) is 32.3. The lowest BCUT2D eigenvalue weighted by atomic mass is 9.80. The van der Waals surface area contributed by atoms with Gasteiger partial charge in [0.25, 0.3) is 0 Å². The van der Waals surface area contributed by atoms with Gasteiger partial charge in [-0.1, -0.05) is 92.4 Å². The van der Waals surface area contributed by atoms with E-state index < -0.39 is 71.8 Å². The van der Waals surface area contributed by atoms with Crippen molar-refractivity contribution in [2.45, 2.75) is 84.0 Å². The first-order chi connectivity index (χ1) is 57.3. The quantitative estimate of drug-likeness (QED) is 0.0301. The number of ether oxygens (including phenoxy) is 3. The first-order valence-electron chi connectivity index (χ1n) is 36.3. The molecule has 2 aliphatic rings. The molecule has 14 rings (SSSR count). The molecule has 0 aliphatic carbocycles. The number of hydrogen-bond donors (Lipinski definition) is 3. The minimum absolute atomic E-state index is 0. The highest BCUT2D eigenvalue weighted by Crippen LogP contribution is 2.39. The number of alkyl halides is 15. The third-order valence-corrected chi connectivity index (χ3v) is 23.3. The van der Waals surface area contributed by atoms with E-state index in [0.717, 1.165) is 204 Å². The van der Waals surface area contributed by atoms with E-state index in [1.807, 2.05) is 52.5 Å². The molecule has 0 fully saturated rings. The fraction of sp³-hybridized carbons (Fsp3) is 0.230. The molecule has 3 N–H and O–H groups in total. The molecule has 2 aliphatic heterocycles. The van der Waals surface area contributed by atoms with Crippen molar-refractivity contribution in [2.24, 2.45) is 0 Å². The number of carbonyl (C=O) groups excluding carboxylic acids is 4. The number of aldehydes is 3. The van der Waals surface area contributed by atoms with Crippen LogP contribution in [0.2, 0.25) is 0 Å². The Morgan fingerprint density at radius 3 is 0.992 bits per heavy atom. The van der Waals surface area contributed by atoms with Gasteiger partial charge in [0, 0.05) is 58.9 Å². The Hall–Kier alpha value is -10.1. The number of carbonyl (C=O) groups is 5. The number of fused-ring (bicyclic) bond motifs is 2. The molecule has 644 valence electrons. The number of carboxylic acid groups (broad SMARTS) is 1. The van der Waals surface area contributed by atoms with E-state index in [1.165, 1.54) is 110 Å². The van der Waals surface area contributed by atoms with Crippen LogP contribution in [-0.4, -0.2) is 109 Å². The van der Waals surface area contributed by atoms with Crippen LogP contribution in [0.5, 0.6) is 11.5 Å². The summed E-state index contributed by atoms with van der Waals surface area (Å²) in [7, 11) is -1.73. The van der Waals surface area contributed by atoms with E-state index in [4.69, 9.17) is 29.4 Å². The number of thiophene rings is 5. The summed E-state index contributed by atoms with van der Waals surface area (Å²) in [5.74, 6) is -0.147. The molecule has 13 nitrogen and oxygen atoms in total. The van der Waals surface area contributed by atoms with Crippen molar-refractivity contribution in [2.75, 3.05) is 46.0 Å². The first-order valence-corrected chi connectivity index (χ1v) is 41.5. The predicted octanol–water partition coefficient (Wildman–Crippen LogP) is 23.3. The lowest BCUT2D eigenvalue weighted by Gasteiger charge is -2.18. The highest BCUT2D eigenvalue weighted by atomic mass is 79.9. The van der Waals surface area contributed by atoms with E-state index in [1.54, 1.807) is 58.6 Å². The van der Waals surface area contributed by atoms with E-state index >= 15 is 0 Å². The SMILES string of the molecule is C.CCOC(=O)COc1ccc2c(c1)CCN(Cc1cc(-c3ccc(C(F)(F)F)cc3)cs1)CC2.O=C(O)COc1ccc2c(c1)CCN(Cc1cc(-c3ccc(C(F)(F)F)cc3)cs1)CC2.O=Cc1cc(-c2ccc(C(F)(F)F)cc2)cs1.O=Cc1cc(-c2ccc(C(F)(F)F)cc2)cs1.O=Cc1cc(Br)cs1.OB(O)c1ccc(C(F)(F)F)cc1. The van der Waals surface area contributed by atoms with Gasteiger partial charge < -0.3 is 29.4 Å². The maximum absolute atomic E-state index is 12.8. The Labute approximate surface area is 720 Å². The number of halogens is 16. The van der Waals surface area contributed by atoms with Gasteiger partial charge in [-0.05, 0) is 245 Å². The normalized spacial score (nSPS) is 12.8. The van der Waals surface area contributed by atoms with Crippen LogP contribution >= 0.6 is 72.6 Å². The standard InChI is InChI=1S/C26H26F3NO3S.C24H22F3NO3S.2C12H7F3OS.C7H6BF3O2.C5H3BrOS.CH4/c1-2-32-25(31)16-33-23-8-5-19-9-11-30(12-10-20(19)13-23)15-24-14-21(17-34-24)18-3-6-22(7-4-18)26(27,28)29;25-24(26,27)20-4-1-16(2-5-20)19-12-22(32-15-19)13-28-9-7-17-3-6-21(31-14-23(29)30)11-18(17)8-10-28;2*13-12(14,15)10-3-1-8(2-4-10)9-5-11(6-16)17-7-9;9-7(10,11)5-1-3-6(4-2-5)8(12)13;6-4-1-5(2-7)8-3-4;/h3-8,13-14,17H,2,9-12,15-16H2,1H3;1-6,11-12,15H,7-10,13-14H2,(H,29,30);2*1-7H;1-4,12-13H;1-3H;1H4. The van der Waals surface area contributed by atoms with Crippen LogP contribution in [0.25, 0.3) is 44.5 Å². The molecule has 0 bridgehead atoms. The Morgan fingerprint density at radius 2 is 0.705 bits per heavy atom. The van der Waals surface area contributed by atoms with Crippen LogP contribution in [-0.2, 0) is 84.0 Å². The summed E-state index contributed by atoms with van der Waals surface area (Å²) >= 11 is 10.4. The van der Waals surface area contributed by atoms with Crippen molar-refractivity contribution in [3.63, 3.8) is 0 Å². The Bertz CT molecular complexity index is 5260. The first kappa shape index (κ1) is 97.4. The summed E-state index contributed by atoms with van der Waals surface area (Å²) < 4.78 is 204. The third kappa shape index (κ3) is 30.2. The number of benzene rings is 7. The lowest BCUT2D eigenvalue weighted by molar-refractivity contribution is -0.145. The van der Waals surface area contributed by atoms with Crippen molar-refractivity contribution in [3.05, 3.63) is 294 Å². The molecule has 0 unspecified atom stereocenters. The van der Waals surface area contributed by atoms with Gasteiger partial charge in [-0.3, -0.25) is 24.2 Å². The van der Waals surface area contributed by atoms with Gasteiger partial charge in [0.1, 0.15) is 11.5 Å². The second-order valence-electron chi connectivity index (χ2n) is 26.6. The van der Waals surface area contributed by atoms with E-state index in [0.29, 0.717) is 39.0 Å². The zero-order valence-electron chi connectivity index (χ0n) is 63.4. The van der Waals surface area contributed by atoms with E-state index in [9.17, 15) is 89.8 Å². The molecule has 35 heteroatoms. The number of carboxylic acids is 1. The lowest BCUT2D eigenvalue weighted by Crippen LogP contribution is -2.29. The highest BCUT2D eigenvalue weighted by Gasteiger charge is 2.34. The van der Waals surface area contributed by atoms with E-state index in [-0.39, 0.29) is 32.1 Å². The van der Waals surface area contributed by atoms with E-state index in [2.05, 4.69) is 37.9 Å². The van der Waals surface area contributed by atoms with Gasteiger partial charge in [0.05, 0.1) is 49.1 Å². The molecule has 122 heavy (non-hydrogen) atoms. The molecule has 0 saturated heterocycles. The molecule has 0 saturated carbocycles. The molecular formula is C87H75BBrF15N2O11S5. The summed E-state index contributed by atoms with van der Waals surface area (Å²) in [6.07, 6.45) is -15.9. The molecule has 0 spiro atoms. The van der Waals surface area contributed by atoms with Crippen molar-refractivity contribution in [1.29, 1.82) is 0 Å². The zero-order chi connectivity index (χ0) is 87.8. The largest absolute Gasteiger partial charge is 0.488 e. The Morgan fingerprint density at radius 1 is 0.402 bits per heavy atom. The van der Waals surface area contributed by atoms with Crippen LogP contribution in [0.3, 0.4) is 0 Å². The maximum atomic E-state index is 12.8. The Balaban J connectivity index is 0.000000192. The van der Waals surface area contributed by atoms with Gasteiger partial charge in [-0.15, -0.1) is 56.7 Å². The fourth-order valence-corrected chi connectivity index (χ4v) is 16.5. The topological polar surface area (TPSA) is 180 Å². The average molecular weight is 1860 g/mol. The van der Waals surface area contributed by atoms with Gasteiger partial charge >= 0.3 is 49.9 Å². The summed E-state index contributed by atoms with van der Waals surface area (Å²) in [5.41, 5.74) is 7.80.